The number of hydrogen-bond acceptors (Lipinski definition) is 3. The maximum absolute atomic E-state index is 11.6. The van der Waals surface area contributed by atoms with Crippen LogP contribution in [-0.4, -0.2) is 22.8 Å². The van der Waals surface area contributed by atoms with Gasteiger partial charge in [0, 0.05) is 10.6 Å². The SMILES string of the molecule is CCOc1ccc(/C(=C/c2cc(Cl)ccc2O)C(=O)O)cc1C. The molecule has 0 aromatic heterocycles. The molecule has 2 aromatic carbocycles. The van der Waals surface area contributed by atoms with Crippen LogP contribution in [0.25, 0.3) is 11.6 Å². The Balaban J connectivity index is 2.50. The smallest absolute Gasteiger partial charge is 0.336 e. The molecule has 0 unspecified atom stereocenters. The normalized spacial score (nSPS) is 11.3. The number of aliphatic carboxylic acids is 1. The van der Waals surface area contributed by atoms with Crippen molar-refractivity contribution in [2.45, 2.75) is 13.8 Å². The predicted molar refractivity (Wildman–Crippen MR) is 91.0 cm³/mol. The molecule has 23 heavy (non-hydrogen) atoms. The average Bonchev–Trinajstić information content (AvgIpc) is 2.50. The van der Waals surface area contributed by atoms with Gasteiger partial charge in [-0.15, -0.1) is 0 Å². The lowest BCUT2D eigenvalue weighted by Crippen LogP contribution is -2.01. The highest BCUT2D eigenvalue weighted by molar-refractivity contribution is 6.31. The van der Waals surface area contributed by atoms with Gasteiger partial charge in [0.05, 0.1) is 12.2 Å². The maximum Gasteiger partial charge on any atom is 0.336 e. The van der Waals surface area contributed by atoms with E-state index in [2.05, 4.69) is 0 Å². The van der Waals surface area contributed by atoms with Gasteiger partial charge < -0.3 is 14.9 Å². The van der Waals surface area contributed by atoms with E-state index in [1.807, 2.05) is 13.8 Å². The molecule has 0 saturated carbocycles. The highest BCUT2D eigenvalue weighted by Crippen LogP contribution is 2.29. The number of phenolic OH excluding ortho intramolecular Hbond substituents is 1. The minimum Gasteiger partial charge on any atom is -0.507 e. The molecule has 5 heteroatoms. The van der Waals surface area contributed by atoms with Gasteiger partial charge in [-0.05, 0) is 61.4 Å². The second-order valence-electron chi connectivity index (χ2n) is 4.98. The van der Waals surface area contributed by atoms with Gasteiger partial charge in [-0.25, -0.2) is 4.79 Å². The zero-order chi connectivity index (χ0) is 17.0. The van der Waals surface area contributed by atoms with Gasteiger partial charge in [0.25, 0.3) is 0 Å². The van der Waals surface area contributed by atoms with Crippen LogP contribution in [0.4, 0.5) is 0 Å². The average molecular weight is 333 g/mol. The Kier molecular flexibility index (Phi) is 5.29. The van der Waals surface area contributed by atoms with E-state index in [0.717, 1.165) is 5.56 Å². The number of aryl methyl sites for hydroxylation is 1. The topological polar surface area (TPSA) is 66.8 Å². The van der Waals surface area contributed by atoms with Crippen LogP contribution in [0, 0.1) is 6.92 Å². The summed E-state index contributed by atoms with van der Waals surface area (Å²) in [6.45, 7) is 4.28. The first-order chi connectivity index (χ1) is 10.9. The molecule has 4 nitrogen and oxygen atoms in total. The highest BCUT2D eigenvalue weighted by Gasteiger charge is 2.13. The third kappa shape index (κ3) is 4.05. The van der Waals surface area contributed by atoms with E-state index >= 15 is 0 Å². The zero-order valence-electron chi connectivity index (χ0n) is 12.8. The van der Waals surface area contributed by atoms with Gasteiger partial charge >= 0.3 is 5.97 Å². The van der Waals surface area contributed by atoms with Crippen molar-refractivity contribution in [1.82, 2.24) is 0 Å². The van der Waals surface area contributed by atoms with Crippen molar-refractivity contribution in [2.75, 3.05) is 6.61 Å². The third-order valence-corrected chi connectivity index (χ3v) is 3.54. The molecule has 2 N–H and O–H groups in total. The van der Waals surface area contributed by atoms with E-state index in [0.29, 0.717) is 28.5 Å². The van der Waals surface area contributed by atoms with Gasteiger partial charge in [0.15, 0.2) is 0 Å². The Labute approximate surface area is 139 Å². The molecule has 0 aliphatic carbocycles. The quantitative estimate of drug-likeness (QED) is 0.630. The van der Waals surface area contributed by atoms with Crippen molar-refractivity contribution >= 4 is 29.2 Å². The fourth-order valence-corrected chi connectivity index (χ4v) is 2.38. The maximum atomic E-state index is 11.6. The number of carboxylic acid groups (broad SMARTS) is 1. The number of aromatic hydroxyl groups is 1. The molecule has 0 heterocycles. The van der Waals surface area contributed by atoms with Crippen LogP contribution >= 0.6 is 11.6 Å². The first-order valence-corrected chi connectivity index (χ1v) is 7.47. The van der Waals surface area contributed by atoms with Crippen LogP contribution in [0.5, 0.6) is 11.5 Å². The molecule has 0 spiro atoms. The van der Waals surface area contributed by atoms with Crippen LogP contribution < -0.4 is 4.74 Å². The summed E-state index contributed by atoms with van der Waals surface area (Å²) >= 11 is 5.90. The van der Waals surface area contributed by atoms with Crippen LogP contribution in [0.2, 0.25) is 5.02 Å². The van der Waals surface area contributed by atoms with E-state index in [9.17, 15) is 15.0 Å². The Bertz CT molecular complexity index is 766. The van der Waals surface area contributed by atoms with Crippen molar-refractivity contribution in [3.8, 4) is 11.5 Å². The number of carboxylic acids is 1. The van der Waals surface area contributed by atoms with Gasteiger partial charge in [-0.2, -0.15) is 0 Å². The molecule has 120 valence electrons. The van der Waals surface area contributed by atoms with Crippen molar-refractivity contribution in [1.29, 1.82) is 0 Å². The lowest BCUT2D eigenvalue weighted by atomic mass is 10.00. The molecule has 2 rings (SSSR count). The van der Waals surface area contributed by atoms with Crippen molar-refractivity contribution in [3.05, 3.63) is 58.1 Å². The first kappa shape index (κ1) is 16.9. The molecule has 0 amide bonds. The fraction of sp³-hybridized carbons (Fsp3) is 0.167. The predicted octanol–water partition coefficient (Wildman–Crippen LogP) is 4.38. The highest BCUT2D eigenvalue weighted by atomic mass is 35.5. The molecule has 0 saturated heterocycles. The molecule has 2 aromatic rings. The van der Waals surface area contributed by atoms with Crippen molar-refractivity contribution in [2.24, 2.45) is 0 Å². The largest absolute Gasteiger partial charge is 0.507 e. The van der Waals surface area contributed by atoms with E-state index in [4.69, 9.17) is 16.3 Å². The standard InChI is InChI=1S/C18H17ClO4/c1-3-23-17-7-4-12(8-11(17)2)15(18(21)22)10-13-9-14(19)5-6-16(13)20/h4-10,20H,3H2,1-2H3,(H,21,22)/b15-10-. The first-order valence-electron chi connectivity index (χ1n) is 7.09. The van der Waals surface area contributed by atoms with Crippen molar-refractivity contribution in [3.63, 3.8) is 0 Å². The second kappa shape index (κ2) is 7.20. The molecule has 0 radical (unpaired) electrons. The molecular weight excluding hydrogens is 316 g/mol. The summed E-state index contributed by atoms with van der Waals surface area (Å²) in [5.41, 5.74) is 1.78. The van der Waals surface area contributed by atoms with Crippen LogP contribution in [0.3, 0.4) is 0 Å². The van der Waals surface area contributed by atoms with Crippen LogP contribution in [0.1, 0.15) is 23.6 Å². The summed E-state index contributed by atoms with van der Waals surface area (Å²) in [5.74, 6) is -0.407. The van der Waals surface area contributed by atoms with Crippen molar-refractivity contribution < 1.29 is 19.7 Å². The van der Waals surface area contributed by atoms with E-state index < -0.39 is 5.97 Å². The molecular formula is C18H17ClO4. The Morgan fingerprint density at radius 1 is 1.26 bits per heavy atom. The monoisotopic (exact) mass is 332 g/mol. The Morgan fingerprint density at radius 3 is 2.61 bits per heavy atom. The number of phenols is 1. The number of ether oxygens (including phenoxy) is 1. The minimum absolute atomic E-state index is 0.0317. The second-order valence-corrected chi connectivity index (χ2v) is 5.42. The number of hydrogen-bond donors (Lipinski definition) is 2. The summed E-state index contributed by atoms with van der Waals surface area (Å²) in [7, 11) is 0. The fourth-order valence-electron chi connectivity index (χ4n) is 2.20. The Hall–Kier alpha value is -2.46. The van der Waals surface area contributed by atoms with E-state index in [1.54, 1.807) is 18.2 Å². The van der Waals surface area contributed by atoms with Gasteiger partial charge in [-0.1, -0.05) is 17.7 Å². The molecule has 0 bridgehead atoms. The zero-order valence-corrected chi connectivity index (χ0v) is 13.6. The molecule has 0 fully saturated rings. The molecule has 0 aliphatic rings. The van der Waals surface area contributed by atoms with Crippen LogP contribution in [0.15, 0.2) is 36.4 Å². The number of rotatable bonds is 5. The summed E-state index contributed by atoms with van der Waals surface area (Å²) in [6.07, 6.45) is 1.40. The summed E-state index contributed by atoms with van der Waals surface area (Å²) < 4.78 is 5.46. The Morgan fingerprint density at radius 2 is 2.00 bits per heavy atom. The van der Waals surface area contributed by atoms with Crippen LogP contribution in [-0.2, 0) is 4.79 Å². The summed E-state index contributed by atoms with van der Waals surface area (Å²) in [6, 6.07) is 9.64. The van der Waals surface area contributed by atoms with Gasteiger partial charge in [-0.3, -0.25) is 0 Å². The lowest BCUT2D eigenvalue weighted by Gasteiger charge is -2.10. The third-order valence-electron chi connectivity index (χ3n) is 3.31. The number of carbonyl (C=O) groups is 1. The van der Waals surface area contributed by atoms with Gasteiger partial charge in [0.2, 0.25) is 0 Å². The molecule has 0 atom stereocenters. The number of benzene rings is 2. The lowest BCUT2D eigenvalue weighted by molar-refractivity contribution is -0.130. The minimum atomic E-state index is -1.09. The molecule has 0 aliphatic heterocycles. The van der Waals surface area contributed by atoms with E-state index in [1.165, 1.54) is 24.3 Å². The van der Waals surface area contributed by atoms with Gasteiger partial charge in [0.1, 0.15) is 11.5 Å². The summed E-state index contributed by atoms with van der Waals surface area (Å²) in [4.78, 5) is 11.6. The number of halogens is 1. The summed E-state index contributed by atoms with van der Waals surface area (Å²) in [5, 5.41) is 19.8. The van der Waals surface area contributed by atoms with E-state index in [-0.39, 0.29) is 11.3 Å².